The van der Waals surface area contributed by atoms with Crippen molar-refractivity contribution in [3.05, 3.63) is 44.5 Å². The fourth-order valence-electron chi connectivity index (χ4n) is 3.90. The molecule has 0 aliphatic carbocycles. The van der Waals surface area contributed by atoms with Crippen molar-refractivity contribution in [3.8, 4) is 0 Å². The molecule has 272 valence electrons. The second-order valence-electron chi connectivity index (χ2n) is 11.5. The Balaban J connectivity index is 1.92. The first-order valence-corrected chi connectivity index (χ1v) is 18.0. The molecule has 2 aromatic rings. The number of amides is 1. The number of unbranched alkanes of at least 4 members (excludes halogenated alkanes) is 1. The number of aromatic nitrogens is 2. The maximum absolute atomic E-state index is 13.5. The summed E-state index contributed by atoms with van der Waals surface area (Å²) in [7, 11) is 1.23. The van der Waals surface area contributed by atoms with Crippen LogP contribution in [-0.2, 0) is 47.8 Å². The van der Waals surface area contributed by atoms with E-state index in [1.165, 1.54) is 35.6 Å². The molecular weight excluding hydrogens is 713 g/mol. The van der Waals surface area contributed by atoms with Gasteiger partial charge in [-0.15, -0.1) is 34.4 Å². The maximum atomic E-state index is 13.5. The van der Waals surface area contributed by atoms with Gasteiger partial charge in [0, 0.05) is 22.4 Å². The van der Waals surface area contributed by atoms with E-state index in [1.807, 2.05) is 13.8 Å². The van der Waals surface area contributed by atoms with Gasteiger partial charge in [0.25, 0.3) is 5.91 Å². The smallest absolute Gasteiger partial charge is 0.357 e. The Hall–Kier alpha value is -4.49. The quantitative estimate of drug-likeness (QED) is 0.0970. The zero-order chi connectivity index (χ0) is 36.8. The first-order valence-electron chi connectivity index (χ1n) is 15.2. The lowest BCUT2D eigenvalue weighted by molar-refractivity contribution is -0.175. The van der Waals surface area contributed by atoms with Gasteiger partial charge in [0.05, 0.1) is 16.6 Å². The van der Waals surface area contributed by atoms with Crippen LogP contribution in [0.1, 0.15) is 63.2 Å². The van der Waals surface area contributed by atoms with Gasteiger partial charge in [0.2, 0.25) is 13.6 Å². The highest BCUT2D eigenvalue weighted by molar-refractivity contribution is 8.00. The topological polar surface area (TPSA) is 220 Å². The number of nitrogen functional groups attached to an aromatic ring is 1. The Morgan fingerprint density at radius 2 is 1.86 bits per heavy atom. The number of allylic oxidation sites excluding steroid dienone is 1. The minimum atomic E-state index is -1.50. The fourth-order valence-corrected chi connectivity index (χ4v) is 6.31. The van der Waals surface area contributed by atoms with E-state index < -0.39 is 60.2 Å². The van der Waals surface area contributed by atoms with Gasteiger partial charge in [-0.3, -0.25) is 14.4 Å². The second-order valence-corrected chi connectivity index (χ2v) is 14.4. The number of nitrogens with two attached hydrogens (primary N) is 1. The standard InChI is InChI=1S/C31H40N6O10S3/c1-7-8-9-21(38)44-15-45-27(40)22-18(10-11-20-17(2)33-14-50-20)12-48-26(36-22)24(28(41)46-16-47-29(42)31(3,4)5)35-25(39)23(37-43-6)19-13-49-30(32)34-19/h10-11,13-14,24,26,36H,7-9,12,15-16H2,1-6H3,(H2,32,34)(H,35,39)/b11-10-,37-23-. The van der Waals surface area contributed by atoms with Gasteiger partial charge in [-0.25, -0.2) is 19.6 Å². The summed E-state index contributed by atoms with van der Waals surface area (Å²) in [6.07, 6.45) is 5.07. The van der Waals surface area contributed by atoms with Crippen molar-refractivity contribution in [1.82, 2.24) is 20.6 Å². The zero-order valence-electron chi connectivity index (χ0n) is 28.4. The molecule has 0 spiro atoms. The van der Waals surface area contributed by atoms with Crippen LogP contribution in [0.15, 0.2) is 33.4 Å². The van der Waals surface area contributed by atoms with E-state index in [2.05, 4.69) is 25.8 Å². The number of hydrogen-bond acceptors (Lipinski definition) is 18. The van der Waals surface area contributed by atoms with Gasteiger partial charge in [-0.05, 0) is 45.8 Å². The molecule has 50 heavy (non-hydrogen) atoms. The summed E-state index contributed by atoms with van der Waals surface area (Å²) in [5.74, 6) is -3.75. The van der Waals surface area contributed by atoms with Crippen LogP contribution in [-0.4, -0.2) is 83.3 Å². The number of thioether (sulfide) groups is 1. The van der Waals surface area contributed by atoms with Crippen LogP contribution in [0.4, 0.5) is 5.13 Å². The van der Waals surface area contributed by atoms with Crippen LogP contribution in [0, 0.1) is 12.3 Å². The lowest BCUT2D eigenvalue weighted by Gasteiger charge is -2.32. The Labute approximate surface area is 301 Å². The highest BCUT2D eigenvalue weighted by atomic mass is 32.2. The molecule has 16 nitrogen and oxygen atoms in total. The number of nitrogens with zero attached hydrogens (tertiary/aromatic N) is 3. The van der Waals surface area contributed by atoms with Crippen LogP contribution in [0.5, 0.6) is 0 Å². The normalized spacial score (nSPS) is 15.6. The number of thiazole rings is 2. The zero-order valence-corrected chi connectivity index (χ0v) is 30.9. The second kappa shape index (κ2) is 19.0. The molecular formula is C31H40N6O10S3. The molecule has 0 saturated carbocycles. The maximum Gasteiger partial charge on any atom is 0.357 e. The van der Waals surface area contributed by atoms with Gasteiger partial charge in [0.15, 0.2) is 16.9 Å². The summed E-state index contributed by atoms with van der Waals surface area (Å²) < 4.78 is 20.7. The number of esters is 4. The summed E-state index contributed by atoms with van der Waals surface area (Å²) in [5.41, 5.74) is 7.59. The summed E-state index contributed by atoms with van der Waals surface area (Å²) in [6, 6.07) is -1.50. The number of carbonyl (C=O) groups excluding carboxylic acids is 5. The largest absolute Gasteiger partial charge is 0.428 e. The van der Waals surface area contributed by atoms with Gasteiger partial charge >= 0.3 is 23.9 Å². The molecule has 2 unspecified atom stereocenters. The molecule has 0 bridgehead atoms. The van der Waals surface area contributed by atoms with Crippen LogP contribution in [0.25, 0.3) is 6.08 Å². The van der Waals surface area contributed by atoms with Crippen LogP contribution < -0.4 is 16.4 Å². The molecule has 3 heterocycles. The van der Waals surface area contributed by atoms with Crippen molar-refractivity contribution >= 4 is 81.1 Å². The van der Waals surface area contributed by atoms with Gasteiger partial charge in [0.1, 0.15) is 23.9 Å². The van der Waals surface area contributed by atoms with Crippen molar-refractivity contribution in [2.45, 2.75) is 65.3 Å². The number of hydrogen-bond donors (Lipinski definition) is 3. The number of ether oxygens (including phenoxy) is 4. The number of anilines is 1. The Morgan fingerprint density at radius 1 is 1.12 bits per heavy atom. The summed E-state index contributed by atoms with van der Waals surface area (Å²) in [5, 5.41) is 9.92. The molecule has 0 saturated heterocycles. The predicted octanol–water partition coefficient (Wildman–Crippen LogP) is 3.28. The lowest BCUT2D eigenvalue weighted by Crippen LogP contribution is -2.56. The van der Waals surface area contributed by atoms with Crippen molar-refractivity contribution < 1.29 is 47.8 Å². The molecule has 1 aliphatic rings. The van der Waals surface area contributed by atoms with Crippen molar-refractivity contribution in [2.75, 3.05) is 32.2 Å². The average molecular weight is 753 g/mol. The molecule has 3 rings (SSSR count). The molecule has 0 radical (unpaired) electrons. The van der Waals surface area contributed by atoms with Crippen LogP contribution in [0.2, 0.25) is 0 Å². The molecule has 0 aromatic carbocycles. The van der Waals surface area contributed by atoms with E-state index in [0.717, 1.165) is 28.3 Å². The average Bonchev–Trinajstić information content (AvgIpc) is 3.70. The molecule has 4 N–H and O–H groups in total. The van der Waals surface area contributed by atoms with E-state index in [9.17, 15) is 24.0 Å². The third kappa shape index (κ3) is 11.8. The van der Waals surface area contributed by atoms with Crippen LogP contribution >= 0.6 is 34.4 Å². The van der Waals surface area contributed by atoms with Crippen LogP contribution in [0.3, 0.4) is 0 Å². The van der Waals surface area contributed by atoms with E-state index in [-0.39, 0.29) is 34.4 Å². The van der Waals surface area contributed by atoms with Crippen molar-refractivity contribution in [3.63, 3.8) is 0 Å². The molecule has 1 aliphatic heterocycles. The summed E-state index contributed by atoms with van der Waals surface area (Å²) in [6.45, 7) is 7.29. The highest BCUT2D eigenvalue weighted by Gasteiger charge is 2.38. The number of aryl methyl sites for hydroxylation is 1. The lowest BCUT2D eigenvalue weighted by atomic mass is 9.98. The number of nitrogens with one attached hydrogen (secondary N) is 2. The van der Waals surface area contributed by atoms with Gasteiger partial charge < -0.3 is 40.2 Å². The minimum Gasteiger partial charge on any atom is -0.428 e. The molecule has 2 aromatic heterocycles. The Morgan fingerprint density at radius 3 is 2.48 bits per heavy atom. The van der Waals surface area contributed by atoms with Gasteiger partial charge in [-0.1, -0.05) is 24.6 Å². The van der Waals surface area contributed by atoms with E-state index in [4.69, 9.17) is 29.5 Å². The van der Waals surface area contributed by atoms with Crippen molar-refractivity contribution in [2.24, 2.45) is 10.6 Å². The molecule has 0 fully saturated rings. The first kappa shape index (κ1) is 39.9. The molecule has 19 heteroatoms. The molecule has 2 atom stereocenters. The highest BCUT2D eigenvalue weighted by Crippen LogP contribution is 2.28. The first-order chi connectivity index (χ1) is 23.7. The van der Waals surface area contributed by atoms with E-state index in [0.29, 0.717) is 12.0 Å². The minimum absolute atomic E-state index is 0.0546. The Kier molecular flexibility index (Phi) is 15.2. The van der Waals surface area contributed by atoms with Gasteiger partial charge in [-0.2, -0.15) is 0 Å². The monoisotopic (exact) mass is 752 g/mol. The molecule has 1 amide bonds. The third-order valence-corrected chi connectivity index (χ3v) is 9.40. The third-order valence-electron chi connectivity index (χ3n) is 6.60. The SMILES string of the molecule is CCCCC(=O)OCOC(=O)C1=C(/C=C\c2scnc2C)CSC(C(NC(=O)/C(=N\OC)c2csc(N)n2)C(=O)OCOC(=O)C(C)(C)C)N1. The summed E-state index contributed by atoms with van der Waals surface area (Å²) in [4.78, 5) is 78.8. The number of carbonyl (C=O) groups is 5. The number of rotatable bonds is 16. The predicted molar refractivity (Wildman–Crippen MR) is 187 cm³/mol. The summed E-state index contributed by atoms with van der Waals surface area (Å²) >= 11 is 3.63. The van der Waals surface area contributed by atoms with E-state index in [1.54, 1.807) is 38.4 Å². The number of oxime groups is 1. The Bertz CT molecular complexity index is 1630. The fraction of sp³-hybridized carbons (Fsp3) is 0.484. The van der Waals surface area contributed by atoms with Crippen molar-refractivity contribution in [1.29, 1.82) is 0 Å². The van der Waals surface area contributed by atoms with E-state index >= 15 is 0 Å².